The highest BCUT2D eigenvalue weighted by Gasteiger charge is 2.24. The summed E-state index contributed by atoms with van der Waals surface area (Å²) in [6.45, 7) is 6.85. The van der Waals surface area contributed by atoms with Crippen LogP contribution in [0.15, 0.2) is 22.6 Å². The molecule has 114 valence electrons. The molecule has 0 bridgehead atoms. The van der Waals surface area contributed by atoms with Crippen LogP contribution in [-0.2, 0) is 6.42 Å². The van der Waals surface area contributed by atoms with E-state index in [2.05, 4.69) is 43.2 Å². The Labute approximate surface area is 127 Å². The highest BCUT2D eigenvalue weighted by Crippen LogP contribution is 2.34. The number of hydrogen-bond acceptors (Lipinski definition) is 3. The SMILES string of the molecule is CCc1nc2cc(NC3CCCC(C)(C)CC3)ccc2o1. The number of hydrogen-bond donors (Lipinski definition) is 1. The van der Waals surface area contributed by atoms with Gasteiger partial charge in [0.05, 0.1) is 0 Å². The average molecular weight is 286 g/mol. The van der Waals surface area contributed by atoms with Gasteiger partial charge < -0.3 is 9.73 Å². The van der Waals surface area contributed by atoms with Crippen molar-refractivity contribution in [2.45, 2.75) is 65.3 Å². The lowest BCUT2D eigenvalue weighted by atomic mass is 9.85. The van der Waals surface area contributed by atoms with Crippen LogP contribution in [0, 0.1) is 5.41 Å². The minimum Gasteiger partial charge on any atom is -0.441 e. The fraction of sp³-hybridized carbons (Fsp3) is 0.611. The van der Waals surface area contributed by atoms with Gasteiger partial charge >= 0.3 is 0 Å². The number of nitrogens with zero attached hydrogens (tertiary/aromatic N) is 1. The number of benzene rings is 1. The molecule has 1 aliphatic rings. The van der Waals surface area contributed by atoms with Crippen LogP contribution < -0.4 is 5.32 Å². The molecule has 0 aliphatic heterocycles. The molecule has 1 saturated carbocycles. The lowest BCUT2D eigenvalue weighted by Gasteiger charge is -2.22. The molecule has 1 N–H and O–H groups in total. The first-order valence-electron chi connectivity index (χ1n) is 8.22. The summed E-state index contributed by atoms with van der Waals surface area (Å²) in [5.41, 5.74) is 3.52. The Morgan fingerprint density at radius 1 is 1.29 bits per heavy atom. The van der Waals surface area contributed by atoms with Crippen LogP contribution in [0.4, 0.5) is 5.69 Å². The first kappa shape index (κ1) is 14.4. The largest absolute Gasteiger partial charge is 0.441 e. The first-order valence-corrected chi connectivity index (χ1v) is 8.22. The molecule has 0 spiro atoms. The minimum atomic E-state index is 0.503. The quantitative estimate of drug-likeness (QED) is 0.792. The van der Waals surface area contributed by atoms with Crippen LogP contribution in [0.25, 0.3) is 11.1 Å². The number of oxazole rings is 1. The maximum absolute atomic E-state index is 5.67. The van der Waals surface area contributed by atoms with Crippen molar-refractivity contribution in [1.82, 2.24) is 4.98 Å². The van der Waals surface area contributed by atoms with Crippen LogP contribution in [0.3, 0.4) is 0 Å². The molecule has 3 heteroatoms. The van der Waals surface area contributed by atoms with E-state index in [0.29, 0.717) is 11.5 Å². The predicted molar refractivity (Wildman–Crippen MR) is 87.7 cm³/mol. The molecule has 1 unspecified atom stereocenters. The van der Waals surface area contributed by atoms with Crippen molar-refractivity contribution in [3.8, 4) is 0 Å². The first-order chi connectivity index (χ1) is 10.1. The molecule has 21 heavy (non-hydrogen) atoms. The fourth-order valence-electron chi connectivity index (χ4n) is 3.26. The molecular formula is C18H26N2O. The van der Waals surface area contributed by atoms with E-state index in [1.54, 1.807) is 0 Å². The molecule has 1 aromatic carbocycles. The predicted octanol–water partition coefficient (Wildman–Crippen LogP) is 5.16. The summed E-state index contributed by atoms with van der Waals surface area (Å²) in [4.78, 5) is 4.52. The van der Waals surface area contributed by atoms with E-state index in [1.165, 1.54) is 37.8 Å². The monoisotopic (exact) mass is 286 g/mol. The van der Waals surface area contributed by atoms with Crippen molar-refractivity contribution in [2.75, 3.05) is 5.32 Å². The van der Waals surface area contributed by atoms with Crippen molar-refractivity contribution in [3.05, 3.63) is 24.1 Å². The summed E-state index contributed by atoms with van der Waals surface area (Å²) in [5, 5.41) is 3.70. The van der Waals surface area contributed by atoms with Gasteiger partial charge in [-0.25, -0.2) is 4.98 Å². The molecule has 1 heterocycles. The van der Waals surface area contributed by atoms with Gasteiger partial charge in [0.2, 0.25) is 0 Å². The second-order valence-electron chi connectivity index (χ2n) is 7.08. The zero-order valence-electron chi connectivity index (χ0n) is 13.4. The van der Waals surface area contributed by atoms with Crippen molar-refractivity contribution in [1.29, 1.82) is 0 Å². The van der Waals surface area contributed by atoms with Crippen molar-refractivity contribution < 1.29 is 4.42 Å². The maximum atomic E-state index is 5.67. The second kappa shape index (κ2) is 5.70. The van der Waals surface area contributed by atoms with Crippen LogP contribution in [0.1, 0.15) is 58.8 Å². The van der Waals surface area contributed by atoms with Gasteiger partial charge in [-0.15, -0.1) is 0 Å². The number of rotatable bonds is 3. The molecule has 0 saturated heterocycles. The van der Waals surface area contributed by atoms with Crippen molar-refractivity contribution >= 4 is 16.8 Å². The Hall–Kier alpha value is -1.51. The van der Waals surface area contributed by atoms with E-state index >= 15 is 0 Å². The summed E-state index contributed by atoms with van der Waals surface area (Å²) in [6.07, 6.45) is 7.32. The van der Waals surface area contributed by atoms with E-state index in [1.807, 2.05) is 6.07 Å². The van der Waals surface area contributed by atoms with Gasteiger partial charge in [0.1, 0.15) is 5.52 Å². The zero-order chi connectivity index (χ0) is 14.9. The molecule has 1 aromatic heterocycles. The molecule has 1 atom stereocenters. The summed E-state index contributed by atoms with van der Waals surface area (Å²) < 4.78 is 5.67. The third kappa shape index (κ3) is 3.39. The Balaban J connectivity index is 1.72. The number of aromatic nitrogens is 1. The lowest BCUT2D eigenvalue weighted by molar-refractivity contribution is 0.313. The standard InChI is InChI=1S/C18H26N2O/c1-4-17-20-15-12-14(7-8-16(15)21-17)19-13-6-5-10-18(2,3)11-9-13/h7-8,12-13,19H,4-6,9-11H2,1-3H3. The summed E-state index contributed by atoms with van der Waals surface area (Å²) >= 11 is 0. The van der Waals surface area contributed by atoms with Gasteiger partial charge in [0, 0.05) is 18.2 Å². The molecule has 1 fully saturated rings. The van der Waals surface area contributed by atoms with Crippen molar-refractivity contribution in [3.63, 3.8) is 0 Å². The van der Waals surface area contributed by atoms with Crippen molar-refractivity contribution in [2.24, 2.45) is 5.41 Å². The van der Waals surface area contributed by atoms with E-state index in [-0.39, 0.29) is 0 Å². The third-order valence-corrected chi connectivity index (χ3v) is 4.68. The highest BCUT2D eigenvalue weighted by atomic mass is 16.3. The normalized spacial score (nSPS) is 22.1. The molecule has 3 nitrogen and oxygen atoms in total. The third-order valence-electron chi connectivity index (χ3n) is 4.68. The van der Waals surface area contributed by atoms with Gasteiger partial charge in [0.15, 0.2) is 11.5 Å². The average Bonchev–Trinajstić information content (AvgIpc) is 2.78. The fourth-order valence-corrected chi connectivity index (χ4v) is 3.26. The molecule has 0 amide bonds. The Kier molecular flexibility index (Phi) is 3.92. The van der Waals surface area contributed by atoms with Crippen LogP contribution in [0.2, 0.25) is 0 Å². The number of nitrogens with one attached hydrogen (secondary N) is 1. The molecule has 0 radical (unpaired) electrons. The Morgan fingerprint density at radius 3 is 2.95 bits per heavy atom. The van der Waals surface area contributed by atoms with Gasteiger partial charge in [-0.05, 0) is 49.3 Å². The van der Waals surface area contributed by atoms with Crippen LogP contribution in [-0.4, -0.2) is 11.0 Å². The minimum absolute atomic E-state index is 0.503. The summed E-state index contributed by atoms with van der Waals surface area (Å²) in [7, 11) is 0. The molecule has 1 aliphatic carbocycles. The highest BCUT2D eigenvalue weighted by molar-refractivity contribution is 5.77. The van der Waals surface area contributed by atoms with Gasteiger partial charge in [-0.3, -0.25) is 0 Å². The summed E-state index contributed by atoms with van der Waals surface area (Å²) in [5.74, 6) is 0.818. The zero-order valence-corrected chi connectivity index (χ0v) is 13.4. The van der Waals surface area contributed by atoms with Gasteiger partial charge in [-0.1, -0.05) is 27.2 Å². The number of aryl methyl sites for hydroxylation is 1. The topological polar surface area (TPSA) is 38.1 Å². The van der Waals surface area contributed by atoms with Gasteiger partial charge in [-0.2, -0.15) is 0 Å². The second-order valence-corrected chi connectivity index (χ2v) is 7.08. The number of anilines is 1. The number of fused-ring (bicyclic) bond motifs is 1. The van der Waals surface area contributed by atoms with Gasteiger partial charge in [0.25, 0.3) is 0 Å². The van der Waals surface area contributed by atoms with E-state index in [9.17, 15) is 0 Å². The van der Waals surface area contributed by atoms with E-state index in [0.717, 1.165) is 23.4 Å². The molecular weight excluding hydrogens is 260 g/mol. The lowest BCUT2D eigenvalue weighted by Crippen LogP contribution is -2.19. The Morgan fingerprint density at radius 2 is 2.14 bits per heavy atom. The van der Waals surface area contributed by atoms with E-state index in [4.69, 9.17) is 4.42 Å². The van der Waals surface area contributed by atoms with Crippen LogP contribution >= 0.6 is 0 Å². The maximum Gasteiger partial charge on any atom is 0.195 e. The summed E-state index contributed by atoms with van der Waals surface area (Å²) in [6, 6.07) is 6.85. The molecule has 2 aromatic rings. The smallest absolute Gasteiger partial charge is 0.195 e. The Bertz CT molecular complexity index is 615. The van der Waals surface area contributed by atoms with Crippen LogP contribution in [0.5, 0.6) is 0 Å². The van der Waals surface area contributed by atoms with E-state index < -0.39 is 0 Å². The molecule has 3 rings (SSSR count).